The van der Waals surface area contributed by atoms with E-state index in [0.29, 0.717) is 19.6 Å². The molecule has 5 heteroatoms. The molecule has 72 valence electrons. The molecule has 1 rings (SSSR count). The Hall–Kier alpha value is -0.130. The Balaban J connectivity index is 2.86. The van der Waals surface area contributed by atoms with Crippen LogP contribution in [0.3, 0.4) is 0 Å². The first-order valence-corrected chi connectivity index (χ1v) is 5.66. The van der Waals surface area contributed by atoms with Gasteiger partial charge in [0.1, 0.15) is 0 Å². The maximum absolute atomic E-state index is 11.6. The summed E-state index contributed by atoms with van der Waals surface area (Å²) in [5, 5.41) is 0. The Labute approximate surface area is 74.3 Å². The van der Waals surface area contributed by atoms with E-state index in [-0.39, 0.29) is 6.04 Å². The smallest absolute Gasteiger partial charge is 0.195 e. The first-order chi connectivity index (χ1) is 5.50. The summed E-state index contributed by atoms with van der Waals surface area (Å²) in [6.07, 6.45) is 0. The molecule has 0 aliphatic carbocycles. The molecule has 1 aliphatic rings. The summed E-state index contributed by atoms with van der Waals surface area (Å²) in [6, 6.07) is 0.0755. The molecule has 0 spiro atoms. The highest BCUT2D eigenvalue weighted by atomic mass is 32.2. The average molecular weight is 192 g/mol. The molecule has 0 radical (unpaired) electrons. The minimum absolute atomic E-state index is 0.0755. The van der Waals surface area contributed by atoms with Crippen LogP contribution in [0, 0.1) is 0 Å². The van der Waals surface area contributed by atoms with E-state index in [1.165, 1.54) is 8.61 Å². The van der Waals surface area contributed by atoms with Crippen LogP contribution in [0.2, 0.25) is 0 Å². The van der Waals surface area contributed by atoms with Crippen LogP contribution in [-0.4, -0.2) is 42.7 Å². The van der Waals surface area contributed by atoms with Crippen molar-refractivity contribution in [3.8, 4) is 0 Å². The fourth-order valence-electron chi connectivity index (χ4n) is 1.44. The fourth-order valence-corrected chi connectivity index (χ4v) is 3.22. The van der Waals surface area contributed by atoms with Gasteiger partial charge in [-0.1, -0.05) is 6.92 Å². The summed E-state index contributed by atoms with van der Waals surface area (Å²) in [6.45, 7) is 7.51. The molecule has 0 saturated carbocycles. The molecule has 1 aliphatic heterocycles. The zero-order chi connectivity index (χ0) is 9.35. The molecule has 0 bridgehead atoms. The zero-order valence-corrected chi connectivity index (χ0v) is 8.63. The molecule has 0 aromatic heterocycles. The van der Waals surface area contributed by atoms with Crippen LogP contribution in [0.4, 0.5) is 0 Å². The molecule has 1 fully saturated rings. The minimum Gasteiger partial charge on any atom is -0.195 e. The predicted molar refractivity (Wildman–Crippen MR) is 48.0 cm³/mol. The van der Waals surface area contributed by atoms with Crippen LogP contribution in [0.15, 0.2) is 0 Å². The molecule has 0 aromatic rings. The fraction of sp³-hybridized carbons (Fsp3) is 1.00. The van der Waals surface area contributed by atoms with Gasteiger partial charge in [-0.25, -0.2) is 0 Å². The monoisotopic (exact) mass is 192 g/mol. The molecule has 1 heterocycles. The maximum Gasteiger partial charge on any atom is 0.282 e. The van der Waals surface area contributed by atoms with Crippen molar-refractivity contribution >= 4 is 10.2 Å². The van der Waals surface area contributed by atoms with Crippen molar-refractivity contribution in [3.63, 3.8) is 0 Å². The quantitative estimate of drug-likeness (QED) is 0.630. The summed E-state index contributed by atoms with van der Waals surface area (Å²) < 4.78 is 26.3. The highest BCUT2D eigenvalue weighted by Crippen LogP contribution is 2.18. The van der Waals surface area contributed by atoms with Crippen LogP contribution < -0.4 is 0 Å². The van der Waals surface area contributed by atoms with Crippen LogP contribution in [0.1, 0.15) is 20.8 Å². The Kier molecular flexibility index (Phi) is 2.75. The second kappa shape index (κ2) is 3.32. The van der Waals surface area contributed by atoms with Crippen LogP contribution >= 0.6 is 0 Å². The topological polar surface area (TPSA) is 40.6 Å². The standard InChI is InChI=1S/C7H16N2O2S/c1-4-8-5-6-9(7(2)3)12(8,10)11/h7H,4-6H2,1-3H3. The lowest BCUT2D eigenvalue weighted by Gasteiger charge is -2.20. The van der Waals surface area contributed by atoms with Crippen molar-refractivity contribution in [3.05, 3.63) is 0 Å². The molecule has 12 heavy (non-hydrogen) atoms. The third-order valence-corrected chi connectivity index (χ3v) is 4.41. The molecule has 0 amide bonds. The molecule has 4 nitrogen and oxygen atoms in total. The van der Waals surface area contributed by atoms with E-state index in [2.05, 4.69) is 0 Å². The molecule has 0 atom stereocenters. The van der Waals surface area contributed by atoms with Crippen molar-refractivity contribution in [2.24, 2.45) is 0 Å². The van der Waals surface area contributed by atoms with Gasteiger partial charge in [-0.2, -0.15) is 17.0 Å². The third kappa shape index (κ3) is 1.48. The minimum atomic E-state index is -3.11. The average Bonchev–Trinajstić information content (AvgIpc) is 2.24. The van der Waals surface area contributed by atoms with E-state index >= 15 is 0 Å². The van der Waals surface area contributed by atoms with Gasteiger partial charge in [0.2, 0.25) is 0 Å². The molecule has 0 aromatic carbocycles. The number of hydrogen-bond donors (Lipinski definition) is 0. The van der Waals surface area contributed by atoms with Gasteiger partial charge in [0.05, 0.1) is 0 Å². The van der Waals surface area contributed by atoms with E-state index in [1.807, 2.05) is 20.8 Å². The van der Waals surface area contributed by atoms with Gasteiger partial charge in [0.15, 0.2) is 0 Å². The third-order valence-electron chi connectivity index (χ3n) is 2.12. The first-order valence-electron chi connectivity index (χ1n) is 4.27. The summed E-state index contributed by atoms with van der Waals surface area (Å²) in [4.78, 5) is 0. The Morgan fingerprint density at radius 3 is 2.17 bits per heavy atom. The summed E-state index contributed by atoms with van der Waals surface area (Å²) in [7, 11) is -3.11. The van der Waals surface area contributed by atoms with Crippen LogP contribution in [0.5, 0.6) is 0 Å². The van der Waals surface area contributed by atoms with Gasteiger partial charge in [-0.3, -0.25) is 0 Å². The van der Waals surface area contributed by atoms with E-state index in [9.17, 15) is 8.42 Å². The van der Waals surface area contributed by atoms with Crippen LogP contribution in [-0.2, 0) is 10.2 Å². The lowest BCUT2D eigenvalue weighted by atomic mass is 10.4. The number of likely N-dealkylation sites (N-methyl/N-ethyl adjacent to an activating group) is 1. The molecular formula is C7H16N2O2S. The maximum atomic E-state index is 11.6. The van der Waals surface area contributed by atoms with Gasteiger partial charge in [0.25, 0.3) is 10.2 Å². The van der Waals surface area contributed by atoms with Crippen molar-refractivity contribution < 1.29 is 8.42 Å². The molecule has 0 N–H and O–H groups in total. The highest BCUT2D eigenvalue weighted by molar-refractivity contribution is 7.87. The molecular weight excluding hydrogens is 176 g/mol. The van der Waals surface area contributed by atoms with Gasteiger partial charge < -0.3 is 0 Å². The first kappa shape index (κ1) is 9.95. The van der Waals surface area contributed by atoms with Crippen LogP contribution in [0.25, 0.3) is 0 Å². The highest BCUT2D eigenvalue weighted by Gasteiger charge is 2.36. The Morgan fingerprint density at radius 2 is 1.92 bits per heavy atom. The molecule has 0 unspecified atom stereocenters. The Bertz CT molecular complexity index is 248. The van der Waals surface area contributed by atoms with E-state index in [0.717, 1.165) is 0 Å². The van der Waals surface area contributed by atoms with E-state index in [1.54, 1.807) is 0 Å². The molecule has 1 saturated heterocycles. The lowest BCUT2D eigenvalue weighted by molar-refractivity contribution is 0.387. The van der Waals surface area contributed by atoms with Gasteiger partial charge in [-0.15, -0.1) is 0 Å². The van der Waals surface area contributed by atoms with E-state index < -0.39 is 10.2 Å². The van der Waals surface area contributed by atoms with Crippen molar-refractivity contribution in [1.29, 1.82) is 0 Å². The second-order valence-electron chi connectivity index (χ2n) is 3.20. The lowest BCUT2D eigenvalue weighted by Crippen LogP contribution is -2.36. The normalized spacial score (nSPS) is 25.3. The predicted octanol–water partition coefficient (Wildman–Crippen LogP) is 0.277. The number of nitrogens with zero attached hydrogens (tertiary/aromatic N) is 2. The number of rotatable bonds is 2. The van der Waals surface area contributed by atoms with Gasteiger partial charge >= 0.3 is 0 Å². The van der Waals surface area contributed by atoms with Crippen molar-refractivity contribution in [2.45, 2.75) is 26.8 Å². The van der Waals surface area contributed by atoms with Gasteiger partial charge in [0, 0.05) is 25.7 Å². The van der Waals surface area contributed by atoms with Gasteiger partial charge in [-0.05, 0) is 13.8 Å². The summed E-state index contributed by atoms with van der Waals surface area (Å²) in [5.41, 5.74) is 0. The zero-order valence-electron chi connectivity index (χ0n) is 7.82. The van der Waals surface area contributed by atoms with Crippen molar-refractivity contribution in [2.75, 3.05) is 19.6 Å². The van der Waals surface area contributed by atoms with Crippen molar-refractivity contribution in [1.82, 2.24) is 8.61 Å². The number of hydrogen-bond acceptors (Lipinski definition) is 2. The second-order valence-corrected chi connectivity index (χ2v) is 5.08. The largest absolute Gasteiger partial charge is 0.282 e. The SMILES string of the molecule is CCN1CCN(C(C)C)S1(=O)=O. The summed E-state index contributed by atoms with van der Waals surface area (Å²) in [5.74, 6) is 0. The Morgan fingerprint density at radius 1 is 1.33 bits per heavy atom. The summed E-state index contributed by atoms with van der Waals surface area (Å²) >= 11 is 0. The van der Waals surface area contributed by atoms with E-state index in [4.69, 9.17) is 0 Å².